The molecule has 0 unspecified atom stereocenters. The van der Waals surface area contributed by atoms with E-state index < -0.39 is 5.91 Å². The number of benzene rings is 1. The Morgan fingerprint density at radius 2 is 2.33 bits per heavy atom. The molecule has 12 heavy (non-hydrogen) atoms. The zero-order valence-electron chi connectivity index (χ0n) is 6.15. The molecule has 0 aliphatic rings. The molecule has 0 aliphatic carbocycles. The van der Waals surface area contributed by atoms with Crippen LogP contribution in [0.4, 0.5) is 0 Å². The van der Waals surface area contributed by atoms with E-state index >= 15 is 0 Å². The van der Waals surface area contributed by atoms with Crippen molar-refractivity contribution in [2.24, 2.45) is 5.73 Å². The molecule has 0 atom stereocenters. The summed E-state index contributed by atoms with van der Waals surface area (Å²) in [7, 11) is 0. The van der Waals surface area contributed by atoms with Crippen LogP contribution in [0.2, 0.25) is 0 Å². The molecule has 0 fully saturated rings. The van der Waals surface area contributed by atoms with Crippen molar-refractivity contribution >= 4 is 27.5 Å². The monoisotopic (exact) mass is 178 g/mol. The lowest BCUT2D eigenvalue weighted by molar-refractivity contribution is 0.100. The molecule has 60 valence electrons. The minimum Gasteiger partial charge on any atom is -0.366 e. The van der Waals surface area contributed by atoms with Gasteiger partial charge in [0.15, 0.2) is 0 Å². The van der Waals surface area contributed by atoms with E-state index in [2.05, 4.69) is 4.98 Å². The summed E-state index contributed by atoms with van der Waals surface area (Å²) in [6.07, 6.45) is 0. The van der Waals surface area contributed by atoms with E-state index in [0.717, 1.165) is 10.2 Å². The van der Waals surface area contributed by atoms with Crippen molar-refractivity contribution < 1.29 is 4.79 Å². The van der Waals surface area contributed by atoms with E-state index in [4.69, 9.17) is 5.73 Å². The van der Waals surface area contributed by atoms with Gasteiger partial charge in [-0.05, 0) is 12.1 Å². The van der Waals surface area contributed by atoms with Crippen LogP contribution in [0.25, 0.3) is 10.2 Å². The maximum Gasteiger partial charge on any atom is 0.250 e. The summed E-state index contributed by atoms with van der Waals surface area (Å²) in [4.78, 5) is 15.0. The van der Waals surface area contributed by atoms with Crippen molar-refractivity contribution in [1.29, 1.82) is 0 Å². The molecule has 0 bridgehead atoms. The molecule has 0 aliphatic heterocycles. The molecule has 0 saturated heterocycles. The van der Waals surface area contributed by atoms with Gasteiger partial charge in [-0.15, -0.1) is 11.3 Å². The van der Waals surface area contributed by atoms with Gasteiger partial charge >= 0.3 is 0 Å². The number of carbonyl (C=O) groups is 1. The maximum absolute atomic E-state index is 10.9. The first-order chi connectivity index (χ1) is 5.79. The van der Waals surface area contributed by atoms with Gasteiger partial charge in [0.1, 0.15) is 0 Å². The van der Waals surface area contributed by atoms with Gasteiger partial charge in [-0.1, -0.05) is 6.07 Å². The van der Waals surface area contributed by atoms with E-state index in [1.165, 1.54) is 11.3 Å². The Bertz CT molecular complexity index is 435. The number of hydrogen-bond acceptors (Lipinski definition) is 3. The van der Waals surface area contributed by atoms with Gasteiger partial charge in [-0.2, -0.15) is 0 Å². The molecule has 1 amide bonds. The van der Waals surface area contributed by atoms with Crippen LogP contribution in [0.3, 0.4) is 0 Å². The summed E-state index contributed by atoms with van der Waals surface area (Å²) in [5, 5.41) is 0. The number of amides is 1. The fourth-order valence-electron chi connectivity index (χ4n) is 1.08. The van der Waals surface area contributed by atoms with E-state index in [9.17, 15) is 4.79 Å². The highest BCUT2D eigenvalue weighted by atomic mass is 32.1. The topological polar surface area (TPSA) is 56.0 Å². The normalized spacial score (nSPS) is 10.3. The molecule has 2 aromatic rings. The van der Waals surface area contributed by atoms with Gasteiger partial charge in [0.05, 0.1) is 21.3 Å². The molecule has 1 heterocycles. The van der Waals surface area contributed by atoms with E-state index in [1.54, 1.807) is 17.6 Å². The van der Waals surface area contributed by atoms with Crippen LogP contribution in [0.15, 0.2) is 23.7 Å². The summed E-state index contributed by atoms with van der Waals surface area (Å²) in [5.74, 6) is -0.398. The van der Waals surface area contributed by atoms with Crippen LogP contribution in [-0.2, 0) is 0 Å². The minimum atomic E-state index is -0.398. The Morgan fingerprint density at radius 1 is 1.50 bits per heavy atom. The predicted octanol–water partition coefficient (Wildman–Crippen LogP) is 1.40. The molecule has 1 aromatic heterocycles. The number of fused-ring (bicyclic) bond motifs is 1. The fourth-order valence-corrected chi connectivity index (χ4v) is 1.89. The fraction of sp³-hybridized carbons (Fsp3) is 0. The molecule has 0 saturated carbocycles. The van der Waals surface area contributed by atoms with Crippen LogP contribution in [-0.4, -0.2) is 10.9 Å². The Labute approximate surface area is 72.8 Å². The Kier molecular flexibility index (Phi) is 1.55. The highest BCUT2D eigenvalue weighted by molar-refractivity contribution is 7.17. The highest BCUT2D eigenvalue weighted by Gasteiger charge is 2.06. The second-order valence-electron chi connectivity index (χ2n) is 2.37. The molecular formula is C8H6N2OS. The first kappa shape index (κ1) is 7.24. The number of hydrogen-bond donors (Lipinski definition) is 1. The Balaban J connectivity index is 2.82. The summed E-state index contributed by atoms with van der Waals surface area (Å²) < 4.78 is 0.866. The summed E-state index contributed by atoms with van der Waals surface area (Å²) in [5.41, 5.74) is 8.27. The van der Waals surface area contributed by atoms with E-state index in [0.29, 0.717) is 5.56 Å². The van der Waals surface area contributed by atoms with Crippen molar-refractivity contribution in [1.82, 2.24) is 4.98 Å². The zero-order valence-corrected chi connectivity index (χ0v) is 6.97. The van der Waals surface area contributed by atoms with E-state index in [1.807, 2.05) is 6.07 Å². The molecule has 0 spiro atoms. The predicted molar refractivity (Wildman–Crippen MR) is 48.1 cm³/mol. The minimum absolute atomic E-state index is 0.398. The van der Waals surface area contributed by atoms with Crippen LogP contribution in [0.1, 0.15) is 10.4 Å². The molecule has 2 N–H and O–H groups in total. The highest BCUT2D eigenvalue weighted by Crippen LogP contribution is 2.21. The largest absolute Gasteiger partial charge is 0.366 e. The van der Waals surface area contributed by atoms with Crippen molar-refractivity contribution in [2.75, 3.05) is 0 Å². The Hall–Kier alpha value is -1.42. The molecule has 2 rings (SSSR count). The number of nitrogens with two attached hydrogens (primary N) is 1. The van der Waals surface area contributed by atoms with Crippen molar-refractivity contribution in [3.8, 4) is 0 Å². The molecule has 0 radical (unpaired) electrons. The molecule has 1 aromatic carbocycles. The first-order valence-electron chi connectivity index (χ1n) is 3.41. The number of rotatable bonds is 1. The summed E-state index contributed by atoms with van der Waals surface area (Å²) >= 11 is 1.43. The standard InChI is InChI=1S/C8H6N2OS/c9-8(11)5-2-1-3-6-7(5)12-4-10-6/h1-4H,(H2,9,11). The van der Waals surface area contributed by atoms with Crippen molar-refractivity contribution in [3.05, 3.63) is 29.3 Å². The lowest BCUT2D eigenvalue weighted by Gasteiger charge is -1.94. The van der Waals surface area contributed by atoms with Crippen molar-refractivity contribution in [2.45, 2.75) is 0 Å². The number of nitrogens with zero attached hydrogens (tertiary/aromatic N) is 1. The number of primary amides is 1. The molecular weight excluding hydrogens is 172 g/mol. The van der Waals surface area contributed by atoms with Gasteiger partial charge in [0, 0.05) is 0 Å². The van der Waals surface area contributed by atoms with Crippen molar-refractivity contribution in [3.63, 3.8) is 0 Å². The average Bonchev–Trinajstić information content (AvgIpc) is 2.49. The Morgan fingerprint density at radius 3 is 3.08 bits per heavy atom. The zero-order chi connectivity index (χ0) is 8.55. The number of aromatic nitrogens is 1. The SMILES string of the molecule is NC(=O)c1cccc2ncsc12. The average molecular weight is 178 g/mol. The van der Waals surface area contributed by atoms with Crippen LogP contribution in [0.5, 0.6) is 0 Å². The van der Waals surface area contributed by atoms with Gasteiger partial charge in [-0.25, -0.2) is 4.98 Å². The maximum atomic E-state index is 10.9. The number of thiazole rings is 1. The first-order valence-corrected chi connectivity index (χ1v) is 4.29. The third kappa shape index (κ3) is 0.967. The van der Waals surface area contributed by atoms with Crippen LogP contribution in [0, 0.1) is 0 Å². The number of carbonyl (C=O) groups excluding carboxylic acids is 1. The molecule has 4 heteroatoms. The summed E-state index contributed by atoms with van der Waals surface area (Å²) in [6, 6.07) is 5.35. The third-order valence-corrected chi connectivity index (χ3v) is 2.50. The van der Waals surface area contributed by atoms with Gasteiger partial charge in [0.2, 0.25) is 5.91 Å². The summed E-state index contributed by atoms with van der Waals surface area (Å²) in [6.45, 7) is 0. The van der Waals surface area contributed by atoms with Crippen LogP contribution < -0.4 is 5.73 Å². The second kappa shape index (κ2) is 2.57. The third-order valence-electron chi connectivity index (χ3n) is 1.62. The lowest BCUT2D eigenvalue weighted by Crippen LogP contribution is -2.10. The quantitative estimate of drug-likeness (QED) is 0.717. The van der Waals surface area contributed by atoms with Crippen LogP contribution >= 0.6 is 11.3 Å². The van der Waals surface area contributed by atoms with Gasteiger partial charge in [0.25, 0.3) is 0 Å². The lowest BCUT2D eigenvalue weighted by atomic mass is 10.2. The second-order valence-corrected chi connectivity index (χ2v) is 3.23. The van der Waals surface area contributed by atoms with Gasteiger partial charge in [-0.3, -0.25) is 4.79 Å². The van der Waals surface area contributed by atoms with E-state index in [-0.39, 0.29) is 0 Å². The smallest absolute Gasteiger partial charge is 0.250 e. The van der Waals surface area contributed by atoms with Gasteiger partial charge < -0.3 is 5.73 Å². The molecule has 3 nitrogen and oxygen atoms in total.